The summed E-state index contributed by atoms with van der Waals surface area (Å²) in [5.41, 5.74) is 0.191. The van der Waals surface area contributed by atoms with Crippen molar-refractivity contribution in [2.75, 3.05) is 11.9 Å². The van der Waals surface area contributed by atoms with Gasteiger partial charge < -0.3 is 10.1 Å². The van der Waals surface area contributed by atoms with Crippen LogP contribution in [-0.2, 0) is 0 Å². The zero-order chi connectivity index (χ0) is 12.1. The lowest BCUT2D eigenvalue weighted by Gasteiger charge is -2.25. The quantitative estimate of drug-likeness (QED) is 0.852. The monoisotopic (exact) mass is 235 g/mol. The molecule has 0 unspecified atom stereocenters. The molecule has 17 heavy (non-hydrogen) atoms. The van der Waals surface area contributed by atoms with Crippen molar-refractivity contribution in [1.82, 2.24) is 9.97 Å². The van der Waals surface area contributed by atoms with Crippen molar-refractivity contribution in [3.05, 3.63) is 12.4 Å². The van der Waals surface area contributed by atoms with Crippen molar-refractivity contribution >= 4 is 5.82 Å². The predicted octanol–water partition coefficient (Wildman–Crippen LogP) is 3.01. The SMILES string of the molecule is CCCOc1cc(NC2(C)CCCC2)ncn1. The first-order valence-electron chi connectivity index (χ1n) is 6.45. The average molecular weight is 235 g/mol. The molecule has 0 atom stereocenters. The van der Waals surface area contributed by atoms with Crippen LogP contribution in [0.2, 0.25) is 0 Å². The van der Waals surface area contributed by atoms with E-state index in [2.05, 4.69) is 29.1 Å². The van der Waals surface area contributed by atoms with Crippen molar-refractivity contribution in [3.63, 3.8) is 0 Å². The first-order chi connectivity index (χ1) is 8.22. The molecule has 1 aromatic heterocycles. The highest BCUT2D eigenvalue weighted by Gasteiger charge is 2.28. The van der Waals surface area contributed by atoms with Crippen LogP contribution in [0.15, 0.2) is 12.4 Å². The molecule has 0 amide bonds. The van der Waals surface area contributed by atoms with Gasteiger partial charge in [0, 0.05) is 11.6 Å². The lowest BCUT2D eigenvalue weighted by Crippen LogP contribution is -2.31. The lowest BCUT2D eigenvalue weighted by molar-refractivity contribution is 0.305. The Labute approximate surface area is 103 Å². The summed E-state index contributed by atoms with van der Waals surface area (Å²) in [4.78, 5) is 8.35. The van der Waals surface area contributed by atoms with Gasteiger partial charge in [-0.15, -0.1) is 0 Å². The Balaban J connectivity index is 2.00. The molecule has 1 fully saturated rings. The number of hydrogen-bond donors (Lipinski definition) is 1. The molecule has 0 aliphatic heterocycles. The number of ether oxygens (including phenoxy) is 1. The Morgan fingerprint density at radius 2 is 2.12 bits per heavy atom. The van der Waals surface area contributed by atoms with Gasteiger partial charge in [-0.25, -0.2) is 9.97 Å². The normalized spacial score (nSPS) is 18.0. The van der Waals surface area contributed by atoms with Crippen molar-refractivity contribution in [1.29, 1.82) is 0 Å². The summed E-state index contributed by atoms with van der Waals surface area (Å²) in [6.45, 7) is 5.04. The molecular weight excluding hydrogens is 214 g/mol. The Morgan fingerprint density at radius 3 is 2.82 bits per heavy atom. The topological polar surface area (TPSA) is 47.0 Å². The molecule has 1 saturated carbocycles. The summed E-state index contributed by atoms with van der Waals surface area (Å²) >= 11 is 0. The first-order valence-corrected chi connectivity index (χ1v) is 6.45. The predicted molar refractivity (Wildman–Crippen MR) is 68.3 cm³/mol. The summed E-state index contributed by atoms with van der Waals surface area (Å²) < 4.78 is 5.50. The van der Waals surface area contributed by atoms with E-state index in [0.29, 0.717) is 12.5 Å². The Hall–Kier alpha value is -1.32. The molecule has 0 bridgehead atoms. The third-order valence-electron chi connectivity index (χ3n) is 3.23. The van der Waals surface area contributed by atoms with Crippen molar-refractivity contribution in [2.45, 2.75) is 51.5 Å². The maximum Gasteiger partial charge on any atom is 0.218 e. The summed E-state index contributed by atoms with van der Waals surface area (Å²) in [5, 5.41) is 3.50. The molecule has 1 aromatic rings. The van der Waals surface area contributed by atoms with E-state index >= 15 is 0 Å². The van der Waals surface area contributed by atoms with Crippen LogP contribution in [0, 0.1) is 0 Å². The van der Waals surface area contributed by atoms with Gasteiger partial charge in [-0.2, -0.15) is 0 Å². The number of rotatable bonds is 5. The number of nitrogens with zero attached hydrogens (tertiary/aromatic N) is 2. The van der Waals surface area contributed by atoms with Crippen molar-refractivity contribution in [2.24, 2.45) is 0 Å². The van der Waals surface area contributed by atoms with Gasteiger partial charge in [0.05, 0.1) is 6.61 Å². The Morgan fingerprint density at radius 1 is 1.35 bits per heavy atom. The molecule has 0 saturated heterocycles. The Kier molecular flexibility index (Phi) is 3.82. The molecule has 1 aliphatic carbocycles. The second-order valence-electron chi connectivity index (χ2n) is 4.98. The highest BCUT2D eigenvalue weighted by atomic mass is 16.5. The number of nitrogens with one attached hydrogen (secondary N) is 1. The first kappa shape index (κ1) is 12.1. The average Bonchev–Trinajstić information content (AvgIpc) is 2.73. The molecule has 2 rings (SSSR count). The highest BCUT2D eigenvalue weighted by molar-refractivity contribution is 5.40. The zero-order valence-corrected chi connectivity index (χ0v) is 10.7. The van der Waals surface area contributed by atoms with Crippen LogP contribution in [0.25, 0.3) is 0 Å². The third kappa shape index (κ3) is 3.32. The number of anilines is 1. The molecule has 0 radical (unpaired) electrons. The van der Waals surface area contributed by atoms with Crippen LogP contribution >= 0.6 is 0 Å². The fraction of sp³-hybridized carbons (Fsp3) is 0.692. The van der Waals surface area contributed by atoms with E-state index in [1.54, 1.807) is 6.33 Å². The number of hydrogen-bond acceptors (Lipinski definition) is 4. The van der Waals surface area contributed by atoms with Crippen molar-refractivity contribution in [3.8, 4) is 5.88 Å². The van der Waals surface area contributed by atoms with Gasteiger partial charge >= 0.3 is 0 Å². The third-order valence-corrected chi connectivity index (χ3v) is 3.23. The molecule has 4 nitrogen and oxygen atoms in total. The summed E-state index contributed by atoms with van der Waals surface area (Å²) in [5.74, 6) is 1.53. The zero-order valence-electron chi connectivity index (χ0n) is 10.7. The van der Waals surface area contributed by atoms with Crippen LogP contribution in [-0.4, -0.2) is 22.1 Å². The lowest BCUT2D eigenvalue weighted by atomic mass is 10.0. The van der Waals surface area contributed by atoms with E-state index in [1.165, 1.54) is 25.7 Å². The standard InChI is InChI=1S/C13H21N3O/c1-3-8-17-12-9-11(14-10-15-12)16-13(2)6-4-5-7-13/h9-10H,3-8H2,1-2H3,(H,14,15,16). The largest absolute Gasteiger partial charge is 0.478 e. The molecule has 0 spiro atoms. The molecule has 1 N–H and O–H groups in total. The van der Waals surface area contributed by atoms with Crippen LogP contribution in [0.1, 0.15) is 46.0 Å². The molecule has 4 heteroatoms. The van der Waals surface area contributed by atoms with Crippen LogP contribution < -0.4 is 10.1 Å². The molecule has 94 valence electrons. The maximum absolute atomic E-state index is 5.50. The van der Waals surface area contributed by atoms with Gasteiger partial charge in [-0.3, -0.25) is 0 Å². The second-order valence-corrected chi connectivity index (χ2v) is 4.98. The summed E-state index contributed by atoms with van der Waals surface area (Å²) in [6, 6.07) is 1.89. The van der Waals surface area contributed by atoms with Gasteiger partial charge in [0.25, 0.3) is 0 Å². The fourth-order valence-corrected chi connectivity index (χ4v) is 2.28. The van der Waals surface area contributed by atoms with Crippen LogP contribution in [0.4, 0.5) is 5.82 Å². The van der Waals surface area contributed by atoms with Gasteiger partial charge in [-0.05, 0) is 26.2 Å². The van der Waals surface area contributed by atoms with Gasteiger partial charge in [0.1, 0.15) is 12.1 Å². The van der Waals surface area contributed by atoms with E-state index < -0.39 is 0 Å². The summed E-state index contributed by atoms with van der Waals surface area (Å²) in [6.07, 6.45) is 7.57. The fourth-order valence-electron chi connectivity index (χ4n) is 2.28. The smallest absolute Gasteiger partial charge is 0.218 e. The van der Waals surface area contributed by atoms with E-state index in [4.69, 9.17) is 4.74 Å². The minimum Gasteiger partial charge on any atom is -0.478 e. The van der Waals surface area contributed by atoms with Crippen LogP contribution in [0.5, 0.6) is 5.88 Å². The van der Waals surface area contributed by atoms with Gasteiger partial charge in [0.2, 0.25) is 5.88 Å². The maximum atomic E-state index is 5.50. The van der Waals surface area contributed by atoms with E-state index in [-0.39, 0.29) is 5.54 Å². The summed E-state index contributed by atoms with van der Waals surface area (Å²) in [7, 11) is 0. The molecular formula is C13H21N3O. The van der Waals surface area contributed by atoms with Crippen LogP contribution in [0.3, 0.4) is 0 Å². The van der Waals surface area contributed by atoms with Crippen molar-refractivity contribution < 1.29 is 4.74 Å². The van der Waals surface area contributed by atoms with Gasteiger partial charge in [-0.1, -0.05) is 19.8 Å². The van der Waals surface area contributed by atoms with E-state index in [9.17, 15) is 0 Å². The number of aromatic nitrogens is 2. The van der Waals surface area contributed by atoms with Gasteiger partial charge in [0.15, 0.2) is 0 Å². The highest BCUT2D eigenvalue weighted by Crippen LogP contribution is 2.32. The van der Waals surface area contributed by atoms with E-state index in [0.717, 1.165) is 12.2 Å². The molecule has 1 heterocycles. The minimum absolute atomic E-state index is 0.191. The minimum atomic E-state index is 0.191. The van der Waals surface area contributed by atoms with E-state index in [1.807, 2.05) is 6.07 Å². The molecule has 1 aliphatic rings. The Bertz CT molecular complexity index is 361. The molecule has 0 aromatic carbocycles. The second kappa shape index (κ2) is 5.34.